The largest absolute Gasteiger partial charge is 0.465 e. The third-order valence-corrected chi connectivity index (χ3v) is 2.05. The number of nitrogens with one attached hydrogen (secondary N) is 1. The van der Waals surface area contributed by atoms with E-state index < -0.39 is 5.97 Å². The third kappa shape index (κ3) is 5.16. The Hall–Kier alpha value is -2.30. The molecule has 5 heteroatoms. The number of amides is 1. The molecule has 3 N–H and O–H groups in total. The molecule has 0 unspecified atom stereocenters. The van der Waals surface area contributed by atoms with Gasteiger partial charge in [-0.05, 0) is 30.7 Å². The number of rotatable bonds is 5. The van der Waals surface area contributed by atoms with Crippen LogP contribution in [0.15, 0.2) is 30.3 Å². The fraction of sp³-hybridized carbons (Fsp3) is 0.231. The van der Waals surface area contributed by atoms with Crippen molar-refractivity contribution in [2.75, 3.05) is 18.9 Å². The number of benzene rings is 1. The second-order valence-corrected chi connectivity index (χ2v) is 3.53. The van der Waals surface area contributed by atoms with Crippen LogP contribution in [0.3, 0.4) is 0 Å². The second kappa shape index (κ2) is 7.11. The van der Waals surface area contributed by atoms with Crippen molar-refractivity contribution in [3.8, 4) is 0 Å². The molecule has 0 heterocycles. The van der Waals surface area contributed by atoms with Crippen molar-refractivity contribution < 1.29 is 14.3 Å². The zero-order valence-corrected chi connectivity index (χ0v) is 10.2. The number of anilines is 1. The highest BCUT2D eigenvalue weighted by Gasteiger charge is 2.02. The van der Waals surface area contributed by atoms with Crippen LogP contribution in [0.1, 0.15) is 12.5 Å². The Morgan fingerprint density at radius 2 is 2.22 bits per heavy atom. The molecular formula is C13H16N2O3. The van der Waals surface area contributed by atoms with Crippen molar-refractivity contribution in [2.24, 2.45) is 0 Å². The summed E-state index contributed by atoms with van der Waals surface area (Å²) in [5, 5.41) is 2.42. The summed E-state index contributed by atoms with van der Waals surface area (Å²) in [5.41, 5.74) is 7.05. The second-order valence-electron chi connectivity index (χ2n) is 3.53. The first kappa shape index (κ1) is 13.8. The number of nitrogens with two attached hydrogens (primary N) is 1. The molecule has 0 bridgehead atoms. The van der Waals surface area contributed by atoms with E-state index in [0.29, 0.717) is 12.3 Å². The van der Waals surface area contributed by atoms with Crippen LogP contribution in [0.4, 0.5) is 5.69 Å². The first-order chi connectivity index (χ1) is 8.61. The van der Waals surface area contributed by atoms with Crippen LogP contribution in [0.25, 0.3) is 6.08 Å². The van der Waals surface area contributed by atoms with Gasteiger partial charge in [-0.25, -0.2) is 0 Å². The van der Waals surface area contributed by atoms with Gasteiger partial charge in [0.25, 0.3) is 0 Å². The molecule has 0 atom stereocenters. The molecule has 0 aliphatic rings. The lowest BCUT2D eigenvalue weighted by Gasteiger charge is -2.01. The molecule has 0 saturated carbocycles. The quantitative estimate of drug-likeness (QED) is 0.462. The van der Waals surface area contributed by atoms with Crippen molar-refractivity contribution in [1.29, 1.82) is 0 Å². The summed E-state index contributed by atoms with van der Waals surface area (Å²) in [4.78, 5) is 22.4. The van der Waals surface area contributed by atoms with E-state index in [0.717, 1.165) is 5.56 Å². The van der Waals surface area contributed by atoms with Crippen molar-refractivity contribution in [1.82, 2.24) is 5.32 Å². The monoisotopic (exact) mass is 248 g/mol. The smallest absolute Gasteiger partial charge is 0.325 e. The Kier molecular flexibility index (Phi) is 5.44. The lowest BCUT2D eigenvalue weighted by molar-refractivity contribution is -0.143. The van der Waals surface area contributed by atoms with Crippen LogP contribution < -0.4 is 11.1 Å². The molecule has 0 aromatic heterocycles. The van der Waals surface area contributed by atoms with E-state index in [1.54, 1.807) is 31.2 Å². The summed E-state index contributed by atoms with van der Waals surface area (Å²) in [6.07, 6.45) is 2.96. The highest BCUT2D eigenvalue weighted by molar-refractivity contribution is 5.93. The minimum atomic E-state index is -0.455. The van der Waals surface area contributed by atoms with E-state index >= 15 is 0 Å². The van der Waals surface area contributed by atoms with Gasteiger partial charge in [0.1, 0.15) is 6.54 Å². The molecule has 0 fully saturated rings. The van der Waals surface area contributed by atoms with Crippen molar-refractivity contribution in [3.05, 3.63) is 35.9 Å². The molecule has 1 aromatic rings. The molecule has 0 saturated heterocycles. The van der Waals surface area contributed by atoms with E-state index in [4.69, 9.17) is 5.73 Å². The zero-order chi connectivity index (χ0) is 13.4. The van der Waals surface area contributed by atoms with Gasteiger partial charge in [0.15, 0.2) is 0 Å². The first-order valence-electron chi connectivity index (χ1n) is 5.59. The van der Waals surface area contributed by atoms with Gasteiger partial charge >= 0.3 is 5.97 Å². The third-order valence-electron chi connectivity index (χ3n) is 2.05. The summed E-state index contributed by atoms with van der Waals surface area (Å²) in [7, 11) is 0. The van der Waals surface area contributed by atoms with Gasteiger partial charge in [-0.1, -0.05) is 12.1 Å². The number of nitrogen functional groups attached to an aromatic ring is 1. The summed E-state index contributed by atoms with van der Waals surface area (Å²) >= 11 is 0. The van der Waals surface area contributed by atoms with Gasteiger partial charge in [-0.15, -0.1) is 0 Å². The Labute approximate surface area is 106 Å². The molecular weight excluding hydrogens is 232 g/mol. The van der Waals surface area contributed by atoms with Gasteiger partial charge in [0.05, 0.1) is 6.61 Å². The van der Waals surface area contributed by atoms with E-state index in [2.05, 4.69) is 10.1 Å². The van der Waals surface area contributed by atoms with Gasteiger partial charge in [-0.3, -0.25) is 9.59 Å². The normalized spacial score (nSPS) is 10.3. The van der Waals surface area contributed by atoms with Crippen LogP contribution >= 0.6 is 0 Å². The fourth-order valence-electron chi connectivity index (χ4n) is 1.26. The van der Waals surface area contributed by atoms with Gasteiger partial charge < -0.3 is 15.8 Å². The number of ether oxygens (including phenoxy) is 1. The zero-order valence-electron chi connectivity index (χ0n) is 10.2. The van der Waals surface area contributed by atoms with Crippen LogP contribution in [0, 0.1) is 0 Å². The van der Waals surface area contributed by atoms with E-state index in [-0.39, 0.29) is 12.5 Å². The lowest BCUT2D eigenvalue weighted by Crippen LogP contribution is -2.29. The van der Waals surface area contributed by atoms with Crippen LogP contribution in [-0.2, 0) is 14.3 Å². The average Bonchev–Trinajstić information content (AvgIpc) is 2.34. The SMILES string of the molecule is CCOC(=O)CNC(=O)/C=C/c1cccc(N)c1. The minimum Gasteiger partial charge on any atom is -0.465 e. The lowest BCUT2D eigenvalue weighted by atomic mass is 10.2. The average molecular weight is 248 g/mol. The van der Waals surface area contributed by atoms with Crippen LogP contribution in [-0.4, -0.2) is 25.0 Å². The molecule has 1 aromatic carbocycles. The fourth-order valence-corrected chi connectivity index (χ4v) is 1.26. The predicted molar refractivity (Wildman–Crippen MR) is 69.5 cm³/mol. The molecule has 18 heavy (non-hydrogen) atoms. The number of esters is 1. The van der Waals surface area contributed by atoms with E-state index in [1.807, 2.05) is 6.07 Å². The van der Waals surface area contributed by atoms with E-state index in [1.165, 1.54) is 6.08 Å². The van der Waals surface area contributed by atoms with Crippen molar-refractivity contribution in [2.45, 2.75) is 6.92 Å². The highest BCUT2D eigenvalue weighted by Crippen LogP contribution is 2.07. The summed E-state index contributed by atoms with van der Waals surface area (Å²) < 4.78 is 4.68. The van der Waals surface area contributed by atoms with Gasteiger partial charge in [0.2, 0.25) is 5.91 Å². The Balaban J connectivity index is 2.42. The van der Waals surface area contributed by atoms with Crippen LogP contribution in [0.5, 0.6) is 0 Å². The summed E-state index contributed by atoms with van der Waals surface area (Å²) in [6.45, 7) is 1.88. The highest BCUT2D eigenvalue weighted by atomic mass is 16.5. The van der Waals surface area contributed by atoms with Crippen molar-refractivity contribution in [3.63, 3.8) is 0 Å². The Bertz CT molecular complexity index is 455. The number of carbonyl (C=O) groups is 2. The minimum absolute atomic E-state index is 0.131. The van der Waals surface area contributed by atoms with Crippen molar-refractivity contribution >= 4 is 23.6 Å². The maximum Gasteiger partial charge on any atom is 0.325 e. The topological polar surface area (TPSA) is 81.4 Å². The maximum absolute atomic E-state index is 11.4. The molecule has 1 amide bonds. The predicted octanol–water partition coefficient (Wildman–Crippen LogP) is 0.961. The summed E-state index contributed by atoms with van der Waals surface area (Å²) in [6, 6.07) is 7.13. The Morgan fingerprint density at radius 1 is 1.44 bits per heavy atom. The molecule has 96 valence electrons. The number of hydrogen-bond donors (Lipinski definition) is 2. The molecule has 0 spiro atoms. The van der Waals surface area contributed by atoms with Gasteiger partial charge in [-0.2, -0.15) is 0 Å². The maximum atomic E-state index is 11.4. The Morgan fingerprint density at radius 3 is 2.89 bits per heavy atom. The summed E-state index contributed by atoms with van der Waals surface area (Å²) in [5.74, 6) is -0.811. The molecule has 0 radical (unpaired) electrons. The van der Waals surface area contributed by atoms with E-state index in [9.17, 15) is 9.59 Å². The molecule has 0 aliphatic carbocycles. The van der Waals surface area contributed by atoms with Crippen LogP contribution in [0.2, 0.25) is 0 Å². The molecule has 1 rings (SSSR count). The molecule has 0 aliphatic heterocycles. The van der Waals surface area contributed by atoms with Gasteiger partial charge in [0, 0.05) is 11.8 Å². The molecule has 5 nitrogen and oxygen atoms in total. The number of hydrogen-bond acceptors (Lipinski definition) is 4. The number of carbonyl (C=O) groups excluding carboxylic acids is 2. The standard InChI is InChI=1S/C13H16N2O3/c1-2-18-13(17)9-15-12(16)7-6-10-4-3-5-11(14)8-10/h3-8H,2,9,14H2,1H3,(H,15,16)/b7-6+. The first-order valence-corrected chi connectivity index (χ1v) is 5.59.